The monoisotopic (exact) mass is 693 g/mol. The summed E-state index contributed by atoms with van der Waals surface area (Å²) in [4.78, 5) is 12.6. The van der Waals surface area contributed by atoms with Gasteiger partial charge in [-0.3, -0.25) is 4.98 Å². The first-order valence-corrected chi connectivity index (χ1v) is 11.8. The van der Waals surface area contributed by atoms with E-state index >= 15 is 0 Å². The molecule has 39 heavy (non-hydrogen) atoms. The van der Waals surface area contributed by atoms with Crippen LogP contribution in [0.15, 0.2) is 102 Å². The topological polar surface area (TPSA) is 51.8 Å². The number of rotatable bonds is 2. The second-order valence-electron chi connectivity index (χ2n) is 8.57. The van der Waals surface area contributed by atoms with Crippen LogP contribution in [0.2, 0.25) is 0 Å². The zero-order valence-corrected chi connectivity index (χ0v) is 22.7. The molecule has 4 heterocycles. The SMILES string of the molecule is [2H]C([2H])([2H])c1ccc(-c2[c-]ccc3c2oc2c4cnc(C([2H])([2H])[2H])cc4ccc32)nc1.[2H]C([2H])([2H])c1ccc(-c2[c-]cccc2)nc1.[Ir]. The van der Waals surface area contributed by atoms with Crippen molar-refractivity contribution in [3.63, 3.8) is 0 Å². The van der Waals surface area contributed by atoms with Crippen molar-refractivity contribution in [2.75, 3.05) is 0 Å². The van der Waals surface area contributed by atoms with Crippen LogP contribution in [0.3, 0.4) is 0 Å². The van der Waals surface area contributed by atoms with Crippen LogP contribution < -0.4 is 0 Å². The average Bonchev–Trinajstić information content (AvgIpc) is 3.44. The minimum Gasteiger partial charge on any atom is -0.500 e. The molecule has 0 saturated heterocycles. The summed E-state index contributed by atoms with van der Waals surface area (Å²) in [5.74, 6) is 0. The zero-order chi connectivity index (χ0) is 33.6. The standard InChI is InChI=1S/C22H15N2O.C12H10N.Ir/c1-13-6-9-20(24-11-13)18-5-3-4-16-17-8-7-15-10-14(2)23-12-19(15)22(17)25-21(16)18;1-10-7-8-12(13-9-10)11-5-3-2-4-6-11;/h3-4,6-12H,1-2H3;2-5,7-9H,1H3;/q2*-1;/i1D3,2D3;1D3;. The summed E-state index contributed by atoms with van der Waals surface area (Å²) in [7, 11) is 0. The van der Waals surface area contributed by atoms with Crippen LogP contribution in [0, 0.1) is 32.7 Å². The third-order valence-electron chi connectivity index (χ3n) is 6.07. The average molecular weight is 693 g/mol. The Morgan fingerprint density at radius 2 is 1.46 bits per heavy atom. The van der Waals surface area contributed by atoms with Crippen molar-refractivity contribution in [1.82, 2.24) is 15.0 Å². The molecule has 0 aliphatic heterocycles. The molecule has 0 aliphatic carbocycles. The molecule has 193 valence electrons. The molecule has 0 N–H and O–H groups in total. The third kappa shape index (κ3) is 5.37. The van der Waals surface area contributed by atoms with E-state index in [0.717, 1.165) is 27.4 Å². The van der Waals surface area contributed by atoms with E-state index in [-0.39, 0.29) is 36.9 Å². The predicted octanol–water partition coefficient (Wildman–Crippen LogP) is 8.47. The van der Waals surface area contributed by atoms with Gasteiger partial charge in [0.2, 0.25) is 0 Å². The molecule has 0 fully saturated rings. The molecule has 0 amide bonds. The molecular formula is C34H25IrN3O-2. The molecule has 0 atom stereocenters. The van der Waals surface area contributed by atoms with Crippen LogP contribution in [0.25, 0.3) is 55.2 Å². The molecule has 4 aromatic heterocycles. The zero-order valence-electron chi connectivity index (χ0n) is 29.3. The van der Waals surface area contributed by atoms with Crippen molar-refractivity contribution < 1.29 is 36.9 Å². The van der Waals surface area contributed by atoms with Crippen molar-refractivity contribution in [3.8, 4) is 22.5 Å². The van der Waals surface area contributed by atoms with Crippen molar-refractivity contribution in [2.45, 2.75) is 20.6 Å². The smallest absolute Gasteiger partial charge is 0.130 e. The molecule has 7 rings (SSSR count). The summed E-state index contributed by atoms with van der Waals surface area (Å²) in [6, 6.07) is 29.0. The Morgan fingerprint density at radius 3 is 2.15 bits per heavy atom. The number of aromatic nitrogens is 3. The number of fused-ring (bicyclic) bond motifs is 5. The van der Waals surface area contributed by atoms with Crippen molar-refractivity contribution in [1.29, 1.82) is 0 Å². The predicted molar refractivity (Wildman–Crippen MR) is 154 cm³/mol. The van der Waals surface area contributed by atoms with Crippen LogP contribution in [0.1, 0.15) is 29.2 Å². The van der Waals surface area contributed by atoms with Gasteiger partial charge >= 0.3 is 0 Å². The van der Waals surface area contributed by atoms with E-state index in [1.165, 1.54) is 24.7 Å². The number of hydrogen-bond acceptors (Lipinski definition) is 4. The van der Waals surface area contributed by atoms with Gasteiger partial charge in [0.15, 0.2) is 0 Å². The third-order valence-corrected chi connectivity index (χ3v) is 6.07. The summed E-state index contributed by atoms with van der Waals surface area (Å²) in [6.45, 7) is -6.60. The number of hydrogen-bond donors (Lipinski definition) is 0. The fourth-order valence-corrected chi connectivity index (χ4v) is 4.26. The molecule has 0 saturated carbocycles. The maximum absolute atomic E-state index is 7.58. The second kappa shape index (κ2) is 11.3. The minimum atomic E-state index is -2.29. The molecule has 0 aliphatic rings. The first-order chi connectivity index (χ1) is 22.2. The quantitative estimate of drug-likeness (QED) is 0.171. The largest absolute Gasteiger partial charge is 0.500 e. The molecule has 3 aromatic carbocycles. The van der Waals surface area contributed by atoms with Gasteiger partial charge in [-0.1, -0.05) is 47.3 Å². The van der Waals surface area contributed by atoms with Gasteiger partial charge in [-0.2, -0.15) is 0 Å². The van der Waals surface area contributed by atoms with E-state index in [9.17, 15) is 0 Å². The van der Waals surface area contributed by atoms with Crippen LogP contribution in [0.5, 0.6) is 0 Å². The fourth-order valence-electron chi connectivity index (χ4n) is 4.26. The van der Waals surface area contributed by atoms with Gasteiger partial charge in [-0.25, -0.2) is 0 Å². The van der Waals surface area contributed by atoms with Gasteiger partial charge in [-0.15, -0.1) is 54.1 Å². The number of nitrogens with zero attached hydrogens (tertiary/aromatic N) is 3. The van der Waals surface area contributed by atoms with Crippen molar-refractivity contribution >= 4 is 32.7 Å². The van der Waals surface area contributed by atoms with E-state index in [2.05, 4.69) is 27.1 Å². The molecule has 1 radical (unpaired) electrons. The van der Waals surface area contributed by atoms with Gasteiger partial charge in [0.25, 0.3) is 0 Å². The fraction of sp³-hybridized carbons (Fsp3) is 0.0882. The number of pyridine rings is 3. The Labute approximate surface area is 253 Å². The summed E-state index contributed by atoms with van der Waals surface area (Å²) >= 11 is 0. The summed E-state index contributed by atoms with van der Waals surface area (Å²) in [5, 5.41) is 3.14. The number of furan rings is 1. The van der Waals surface area contributed by atoms with Gasteiger partial charge in [0.1, 0.15) is 5.58 Å². The molecule has 7 aromatic rings. The van der Waals surface area contributed by atoms with Crippen molar-refractivity contribution in [3.05, 3.63) is 126 Å². The first kappa shape index (κ1) is 17.4. The molecule has 0 spiro atoms. The minimum absolute atomic E-state index is 0. The van der Waals surface area contributed by atoms with Crippen LogP contribution >= 0.6 is 0 Å². The molecular weight excluding hydrogens is 659 g/mol. The van der Waals surface area contributed by atoms with E-state index in [0.29, 0.717) is 27.8 Å². The van der Waals surface area contributed by atoms with Crippen LogP contribution in [-0.2, 0) is 20.1 Å². The maximum Gasteiger partial charge on any atom is 0.130 e. The Hall–Kier alpha value is -4.18. The number of aryl methyl sites for hydroxylation is 3. The van der Waals surface area contributed by atoms with Crippen LogP contribution in [0.4, 0.5) is 0 Å². The van der Waals surface area contributed by atoms with E-state index in [4.69, 9.17) is 16.8 Å². The Bertz CT molecular complexity index is 2190. The normalized spacial score (nSPS) is 15.1. The van der Waals surface area contributed by atoms with E-state index < -0.39 is 20.6 Å². The molecule has 0 bridgehead atoms. The molecule has 5 heteroatoms. The van der Waals surface area contributed by atoms with Gasteiger partial charge in [-0.05, 0) is 54.5 Å². The Kier molecular flexibility index (Phi) is 5.04. The summed E-state index contributed by atoms with van der Waals surface area (Å²) in [6.07, 6.45) is 4.25. The second-order valence-corrected chi connectivity index (χ2v) is 8.57. The van der Waals surface area contributed by atoms with Gasteiger partial charge in [0, 0.05) is 67.5 Å². The van der Waals surface area contributed by atoms with Gasteiger partial charge in [0.05, 0.1) is 5.58 Å². The van der Waals surface area contributed by atoms with E-state index in [1.807, 2.05) is 36.4 Å². The molecule has 4 nitrogen and oxygen atoms in total. The first-order valence-electron chi connectivity index (χ1n) is 16.3. The Morgan fingerprint density at radius 1 is 0.667 bits per heavy atom. The van der Waals surface area contributed by atoms with Crippen molar-refractivity contribution in [2.24, 2.45) is 0 Å². The van der Waals surface area contributed by atoms with E-state index in [1.54, 1.807) is 36.4 Å². The number of benzene rings is 3. The van der Waals surface area contributed by atoms with Crippen LogP contribution in [-0.4, -0.2) is 15.0 Å². The maximum atomic E-state index is 7.58. The Balaban J connectivity index is 0.000000224. The van der Waals surface area contributed by atoms with Gasteiger partial charge < -0.3 is 14.4 Å². The summed E-state index contributed by atoms with van der Waals surface area (Å²) in [5.41, 5.74) is 4.37. The molecule has 0 unspecified atom stereocenters. The summed E-state index contributed by atoms with van der Waals surface area (Å²) < 4.78 is 73.2.